The molecule has 0 aliphatic carbocycles. The summed E-state index contributed by atoms with van der Waals surface area (Å²) in [5.74, 6) is -0.152. The number of ether oxygens (including phenoxy) is 3. The van der Waals surface area contributed by atoms with Gasteiger partial charge in [-0.05, 0) is 22.9 Å². The predicted molar refractivity (Wildman–Crippen MR) is 113 cm³/mol. The third kappa shape index (κ3) is 3.65. The van der Waals surface area contributed by atoms with Gasteiger partial charge in [-0.15, -0.1) is 11.3 Å². The van der Waals surface area contributed by atoms with Crippen molar-refractivity contribution in [2.75, 3.05) is 18.5 Å². The molecule has 2 aliphatic rings. The van der Waals surface area contributed by atoms with Gasteiger partial charge in [0, 0.05) is 5.39 Å². The number of hydrogen-bond donors (Lipinski definition) is 2. The molecule has 2 fully saturated rings. The molecule has 2 aromatic carbocycles. The minimum Gasteiger partial charge on any atom is -0.441 e. The minimum absolute atomic E-state index is 0.152. The summed E-state index contributed by atoms with van der Waals surface area (Å²) in [6.07, 6.45) is -1.84. The lowest BCUT2D eigenvalue weighted by Gasteiger charge is -2.18. The van der Waals surface area contributed by atoms with Crippen LogP contribution in [0.5, 0.6) is 0 Å². The predicted octanol–water partition coefficient (Wildman–Crippen LogP) is 3.41. The molecule has 5 rings (SSSR count). The molecule has 30 heavy (non-hydrogen) atoms. The molecule has 0 radical (unpaired) electrons. The molecule has 3 aromatic rings. The molecule has 8 heteroatoms. The number of fused-ring (bicyclic) bond motifs is 2. The SMILES string of the molecule is O=C(Nc1cccc2ccccc12)O[C@@H]1CO[C@H]2[C@@H]1OC[C@@H]2NC(=O)c1cccs1. The Hall–Kier alpha value is -2.94. The molecule has 2 amide bonds. The first-order valence-corrected chi connectivity index (χ1v) is 10.6. The number of nitrogens with one attached hydrogen (secondary N) is 2. The zero-order chi connectivity index (χ0) is 20.5. The van der Waals surface area contributed by atoms with Crippen molar-refractivity contribution in [2.45, 2.75) is 24.4 Å². The monoisotopic (exact) mass is 424 g/mol. The molecule has 154 valence electrons. The van der Waals surface area contributed by atoms with E-state index in [0.29, 0.717) is 17.2 Å². The van der Waals surface area contributed by atoms with E-state index in [4.69, 9.17) is 14.2 Å². The van der Waals surface area contributed by atoms with Crippen LogP contribution in [0.2, 0.25) is 0 Å². The van der Waals surface area contributed by atoms with E-state index in [2.05, 4.69) is 10.6 Å². The maximum Gasteiger partial charge on any atom is 0.412 e. The molecule has 0 unspecified atom stereocenters. The maximum atomic E-state index is 12.5. The Morgan fingerprint density at radius 1 is 0.967 bits per heavy atom. The Morgan fingerprint density at radius 2 is 1.80 bits per heavy atom. The fourth-order valence-corrected chi connectivity index (χ4v) is 4.57. The number of rotatable bonds is 4. The lowest BCUT2D eigenvalue weighted by Crippen LogP contribution is -2.44. The summed E-state index contributed by atoms with van der Waals surface area (Å²) in [7, 11) is 0. The van der Waals surface area contributed by atoms with Gasteiger partial charge < -0.3 is 19.5 Å². The van der Waals surface area contributed by atoms with E-state index >= 15 is 0 Å². The third-order valence-electron chi connectivity index (χ3n) is 5.35. The molecule has 2 N–H and O–H groups in total. The van der Waals surface area contributed by atoms with Crippen LogP contribution in [0.15, 0.2) is 60.0 Å². The van der Waals surface area contributed by atoms with E-state index in [1.54, 1.807) is 6.07 Å². The summed E-state index contributed by atoms with van der Waals surface area (Å²) in [6, 6.07) is 16.8. The van der Waals surface area contributed by atoms with Crippen molar-refractivity contribution in [1.29, 1.82) is 0 Å². The zero-order valence-corrected chi connectivity index (χ0v) is 16.8. The molecule has 4 atom stereocenters. The van der Waals surface area contributed by atoms with E-state index < -0.39 is 18.3 Å². The Labute approximate surface area is 176 Å². The van der Waals surface area contributed by atoms with Crippen LogP contribution >= 0.6 is 11.3 Å². The molecule has 0 spiro atoms. The Bertz CT molecular complexity index is 1070. The molecular weight excluding hydrogens is 404 g/mol. The van der Waals surface area contributed by atoms with Crippen LogP contribution in [0, 0.1) is 0 Å². The third-order valence-corrected chi connectivity index (χ3v) is 6.22. The number of amides is 2. The number of hydrogen-bond acceptors (Lipinski definition) is 6. The van der Waals surface area contributed by atoms with Crippen molar-refractivity contribution in [3.63, 3.8) is 0 Å². The Kier molecular flexibility index (Phi) is 5.12. The smallest absolute Gasteiger partial charge is 0.412 e. The summed E-state index contributed by atoms with van der Waals surface area (Å²) in [6.45, 7) is 0.543. The average Bonchev–Trinajstić information content (AvgIpc) is 3.49. The topological polar surface area (TPSA) is 85.9 Å². The summed E-state index contributed by atoms with van der Waals surface area (Å²) in [5, 5.41) is 9.59. The second-order valence-corrected chi connectivity index (χ2v) is 8.20. The van der Waals surface area contributed by atoms with Gasteiger partial charge in [-0.25, -0.2) is 4.79 Å². The standard InChI is InChI=1S/C22H20N2O5S/c25-21(18-9-4-10-30-18)23-16-11-27-20-17(12-28-19(16)20)29-22(26)24-15-8-3-6-13-5-1-2-7-14(13)15/h1-10,16-17,19-20H,11-12H2,(H,23,25)(H,24,26)/t16-,17+,19+,20+/m0/s1. The van der Waals surface area contributed by atoms with Crippen LogP contribution in [-0.2, 0) is 14.2 Å². The number of benzene rings is 2. The lowest BCUT2D eigenvalue weighted by molar-refractivity contribution is 0.00863. The molecule has 0 saturated carbocycles. The van der Waals surface area contributed by atoms with Gasteiger partial charge in [0.2, 0.25) is 0 Å². The molecule has 2 aliphatic heterocycles. The Balaban J connectivity index is 1.21. The van der Waals surface area contributed by atoms with Gasteiger partial charge in [-0.1, -0.05) is 42.5 Å². The van der Waals surface area contributed by atoms with E-state index in [1.807, 2.05) is 53.9 Å². The normalized spacial score (nSPS) is 25.1. The van der Waals surface area contributed by atoms with Crippen molar-refractivity contribution < 1.29 is 23.8 Å². The van der Waals surface area contributed by atoms with Crippen molar-refractivity contribution in [3.05, 3.63) is 64.9 Å². The maximum absolute atomic E-state index is 12.5. The first kappa shape index (κ1) is 19.0. The number of anilines is 1. The minimum atomic E-state index is -0.560. The van der Waals surface area contributed by atoms with E-state index in [9.17, 15) is 9.59 Å². The van der Waals surface area contributed by atoms with Crippen molar-refractivity contribution >= 4 is 39.8 Å². The lowest BCUT2D eigenvalue weighted by atomic mass is 10.1. The van der Waals surface area contributed by atoms with Crippen LogP contribution in [0.4, 0.5) is 10.5 Å². The highest BCUT2D eigenvalue weighted by atomic mass is 32.1. The first-order valence-electron chi connectivity index (χ1n) is 9.72. The molecule has 1 aromatic heterocycles. The summed E-state index contributed by atoms with van der Waals surface area (Å²) in [5.41, 5.74) is 0.682. The highest BCUT2D eigenvalue weighted by Crippen LogP contribution is 2.30. The highest BCUT2D eigenvalue weighted by Gasteiger charge is 2.50. The van der Waals surface area contributed by atoms with E-state index in [0.717, 1.165) is 10.8 Å². The Morgan fingerprint density at radius 3 is 2.67 bits per heavy atom. The summed E-state index contributed by atoms with van der Waals surface area (Å²) >= 11 is 1.38. The van der Waals surface area contributed by atoms with Gasteiger partial charge in [0.1, 0.15) is 12.2 Å². The van der Waals surface area contributed by atoms with E-state index in [-0.39, 0.29) is 24.7 Å². The van der Waals surface area contributed by atoms with Crippen LogP contribution in [-0.4, -0.2) is 49.6 Å². The number of carbonyl (C=O) groups is 2. The summed E-state index contributed by atoms with van der Waals surface area (Å²) < 4.78 is 17.2. The zero-order valence-electron chi connectivity index (χ0n) is 15.9. The van der Waals surface area contributed by atoms with Gasteiger partial charge in [0.05, 0.1) is 29.8 Å². The second-order valence-electron chi connectivity index (χ2n) is 7.25. The molecule has 0 bridgehead atoms. The largest absolute Gasteiger partial charge is 0.441 e. The molecule has 7 nitrogen and oxygen atoms in total. The number of carbonyl (C=O) groups excluding carboxylic acids is 2. The van der Waals surface area contributed by atoms with Crippen molar-refractivity contribution in [3.8, 4) is 0 Å². The van der Waals surface area contributed by atoms with Crippen LogP contribution in [0.25, 0.3) is 10.8 Å². The molecule has 3 heterocycles. The van der Waals surface area contributed by atoms with Gasteiger partial charge in [0.25, 0.3) is 5.91 Å². The van der Waals surface area contributed by atoms with Crippen LogP contribution < -0.4 is 10.6 Å². The van der Waals surface area contributed by atoms with Crippen LogP contribution in [0.1, 0.15) is 9.67 Å². The van der Waals surface area contributed by atoms with Crippen molar-refractivity contribution in [2.24, 2.45) is 0 Å². The number of thiophene rings is 1. The van der Waals surface area contributed by atoms with Gasteiger partial charge in [0.15, 0.2) is 6.10 Å². The highest BCUT2D eigenvalue weighted by molar-refractivity contribution is 7.12. The average molecular weight is 424 g/mol. The second kappa shape index (κ2) is 8.06. The fourth-order valence-electron chi connectivity index (χ4n) is 3.95. The molecular formula is C22H20N2O5S. The van der Waals surface area contributed by atoms with Crippen LogP contribution in [0.3, 0.4) is 0 Å². The quantitative estimate of drug-likeness (QED) is 0.670. The summed E-state index contributed by atoms with van der Waals surface area (Å²) in [4.78, 5) is 25.5. The van der Waals surface area contributed by atoms with Gasteiger partial charge >= 0.3 is 6.09 Å². The van der Waals surface area contributed by atoms with Crippen molar-refractivity contribution in [1.82, 2.24) is 5.32 Å². The first-order chi connectivity index (χ1) is 14.7. The van der Waals surface area contributed by atoms with Gasteiger partial charge in [-0.2, -0.15) is 0 Å². The van der Waals surface area contributed by atoms with E-state index in [1.165, 1.54) is 11.3 Å². The fraction of sp³-hybridized carbons (Fsp3) is 0.273. The van der Waals surface area contributed by atoms with Gasteiger partial charge in [-0.3, -0.25) is 10.1 Å². The molecule has 2 saturated heterocycles.